The Bertz CT molecular complexity index is 667. The third-order valence-electron chi connectivity index (χ3n) is 3.58. The zero-order valence-corrected chi connectivity index (χ0v) is 15.9. The Morgan fingerprint density at radius 1 is 1.15 bits per heavy atom. The third-order valence-corrected chi connectivity index (χ3v) is 3.58. The number of nitrogens with two attached hydrogens (primary N) is 2. The van der Waals surface area contributed by atoms with Crippen LogP contribution in [0, 0.1) is 5.92 Å². The molecule has 6 nitrogen and oxygen atoms in total. The van der Waals surface area contributed by atoms with Gasteiger partial charge in [-0.3, -0.25) is 4.79 Å². The molecule has 2 atom stereocenters. The Balaban J connectivity index is 0.000000543. The van der Waals surface area contributed by atoms with E-state index in [2.05, 4.69) is 4.65 Å². The third kappa shape index (κ3) is 8.64. The van der Waals surface area contributed by atoms with Gasteiger partial charge in [0.2, 0.25) is 0 Å². The normalized spacial score (nSPS) is 12.5. The number of hydrogen-bond acceptors (Lipinski definition) is 5. The van der Waals surface area contributed by atoms with E-state index in [1.165, 1.54) is 0 Å². The fourth-order valence-corrected chi connectivity index (χ4v) is 2.39. The molecule has 0 saturated carbocycles. The van der Waals surface area contributed by atoms with Crippen molar-refractivity contribution in [2.45, 2.75) is 39.0 Å². The van der Waals surface area contributed by atoms with Crippen LogP contribution in [0.2, 0.25) is 0 Å². The van der Waals surface area contributed by atoms with Crippen molar-refractivity contribution in [1.29, 1.82) is 0 Å². The predicted octanol–water partition coefficient (Wildman–Crippen LogP) is 2.08. The molecule has 6 N–H and O–H groups in total. The number of rotatable bonds is 7. The highest BCUT2D eigenvalue weighted by molar-refractivity contribution is 6.15. The first-order valence-electron chi connectivity index (χ1n) is 8.17. The largest absolute Gasteiger partial charge is 0.486 e. The summed E-state index contributed by atoms with van der Waals surface area (Å²) in [6.07, 6.45) is 0.753. The average molecular weight is 382 g/mol. The molecule has 0 bridgehead atoms. The minimum atomic E-state index is -0.965. The van der Waals surface area contributed by atoms with Crippen molar-refractivity contribution in [3.63, 3.8) is 0 Å². The second-order valence-electron chi connectivity index (χ2n) is 6.20. The Labute approximate surface area is 161 Å². The number of halogens is 1. The van der Waals surface area contributed by atoms with Gasteiger partial charge >= 0.3 is 13.7 Å². The van der Waals surface area contributed by atoms with E-state index >= 15 is 0 Å². The van der Waals surface area contributed by atoms with E-state index < -0.39 is 12.0 Å². The second-order valence-corrected chi connectivity index (χ2v) is 6.20. The standard InChI is InChI=1S/C13H13NO2.C5H13BNO2.ClH/c14-12(13(15)16)8-10-6-3-5-9-4-1-2-7-11(9)10;1-4(2)3-5(7)9-6-8;/h1-7,12H,8,14H2,(H,15,16);4-5,8H,3,7H2,1-2H3;1H/t12-;5-;/m01./s1. The summed E-state index contributed by atoms with van der Waals surface area (Å²) in [7, 11) is 0.632. The van der Waals surface area contributed by atoms with E-state index in [0.29, 0.717) is 20.0 Å². The molecule has 2 aromatic rings. The van der Waals surface area contributed by atoms with Crippen LogP contribution in [0.25, 0.3) is 10.8 Å². The molecular formula is C18H27BClN2O4. The first-order valence-corrected chi connectivity index (χ1v) is 8.17. The number of benzene rings is 2. The van der Waals surface area contributed by atoms with Crippen molar-refractivity contribution in [1.82, 2.24) is 0 Å². The van der Waals surface area contributed by atoms with E-state index in [-0.39, 0.29) is 18.6 Å². The summed E-state index contributed by atoms with van der Waals surface area (Å²) in [6, 6.07) is 12.9. The lowest BCUT2D eigenvalue weighted by Crippen LogP contribution is -2.32. The second kappa shape index (κ2) is 12.7. The Morgan fingerprint density at radius 3 is 2.35 bits per heavy atom. The van der Waals surface area contributed by atoms with Crippen molar-refractivity contribution in [3.05, 3.63) is 48.0 Å². The average Bonchev–Trinajstić information content (AvgIpc) is 2.55. The summed E-state index contributed by atoms with van der Waals surface area (Å²) in [5.41, 5.74) is 11.9. The van der Waals surface area contributed by atoms with Gasteiger partial charge in [0.15, 0.2) is 0 Å². The van der Waals surface area contributed by atoms with Crippen LogP contribution in [0.15, 0.2) is 42.5 Å². The molecule has 0 aliphatic carbocycles. The SMILES string of the molecule is CC(C)C[C@H](N)O[B]O.Cl.N[C@@H](Cc1cccc2ccccc12)C(=O)O. The first kappa shape index (κ1) is 24.4. The van der Waals surface area contributed by atoms with Gasteiger partial charge in [-0.2, -0.15) is 0 Å². The molecule has 2 rings (SSSR count). The van der Waals surface area contributed by atoms with Gasteiger partial charge in [-0.15, -0.1) is 12.4 Å². The van der Waals surface area contributed by atoms with Crippen molar-refractivity contribution in [3.8, 4) is 0 Å². The lowest BCUT2D eigenvalue weighted by molar-refractivity contribution is -0.138. The van der Waals surface area contributed by atoms with Gasteiger partial charge < -0.3 is 26.3 Å². The van der Waals surface area contributed by atoms with Crippen molar-refractivity contribution in [2.24, 2.45) is 17.4 Å². The summed E-state index contributed by atoms with van der Waals surface area (Å²) in [4.78, 5) is 10.7. The maximum atomic E-state index is 10.7. The predicted molar refractivity (Wildman–Crippen MR) is 107 cm³/mol. The van der Waals surface area contributed by atoms with Crippen LogP contribution in [-0.4, -0.2) is 36.1 Å². The maximum Gasteiger partial charge on any atom is 0.486 e. The van der Waals surface area contributed by atoms with Gasteiger partial charge in [-0.05, 0) is 35.1 Å². The van der Waals surface area contributed by atoms with Gasteiger partial charge in [0.05, 0.1) is 6.23 Å². The molecule has 0 aliphatic heterocycles. The monoisotopic (exact) mass is 381 g/mol. The molecule has 0 aromatic heterocycles. The fraction of sp³-hybridized carbons (Fsp3) is 0.389. The molecule has 1 radical (unpaired) electrons. The number of carbonyl (C=O) groups is 1. The minimum absolute atomic E-state index is 0. The molecule has 0 amide bonds. The maximum absolute atomic E-state index is 10.7. The van der Waals surface area contributed by atoms with Crippen molar-refractivity contribution in [2.75, 3.05) is 0 Å². The van der Waals surface area contributed by atoms with E-state index in [4.69, 9.17) is 21.6 Å². The van der Waals surface area contributed by atoms with Crippen molar-refractivity contribution >= 4 is 36.8 Å². The minimum Gasteiger partial charge on any atom is -0.480 e. The van der Waals surface area contributed by atoms with E-state index in [1.807, 2.05) is 56.3 Å². The Hall–Kier alpha value is -1.64. The molecule has 8 heteroatoms. The summed E-state index contributed by atoms with van der Waals surface area (Å²) in [5, 5.41) is 19.1. The molecule has 0 aliphatic rings. The molecule has 0 spiro atoms. The summed E-state index contributed by atoms with van der Waals surface area (Å²) in [6.45, 7) is 4.08. The van der Waals surface area contributed by atoms with Crippen LogP contribution in [0.4, 0.5) is 0 Å². The van der Waals surface area contributed by atoms with Crippen LogP contribution in [0.1, 0.15) is 25.8 Å². The van der Waals surface area contributed by atoms with E-state index in [0.717, 1.165) is 22.8 Å². The number of aliphatic carboxylic acids is 1. The molecular weight excluding hydrogens is 354 g/mol. The van der Waals surface area contributed by atoms with Crippen LogP contribution >= 0.6 is 12.4 Å². The van der Waals surface area contributed by atoms with Gasteiger partial charge in [0.25, 0.3) is 0 Å². The molecule has 0 heterocycles. The zero-order chi connectivity index (χ0) is 18.8. The number of carboxylic acids is 1. The van der Waals surface area contributed by atoms with Gasteiger partial charge in [0.1, 0.15) is 6.04 Å². The number of fused-ring (bicyclic) bond motifs is 1. The lowest BCUT2D eigenvalue weighted by Gasteiger charge is -2.12. The molecule has 26 heavy (non-hydrogen) atoms. The lowest BCUT2D eigenvalue weighted by atomic mass is 9.99. The Kier molecular flexibility index (Phi) is 11.9. The fourth-order valence-electron chi connectivity index (χ4n) is 2.39. The highest BCUT2D eigenvalue weighted by Crippen LogP contribution is 2.19. The van der Waals surface area contributed by atoms with E-state index in [1.54, 1.807) is 0 Å². The topological polar surface area (TPSA) is 119 Å². The highest BCUT2D eigenvalue weighted by atomic mass is 35.5. The molecule has 143 valence electrons. The summed E-state index contributed by atoms with van der Waals surface area (Å²) in [5.74, 6) is -0.465. The van der Waals surface area contributed by atoms with Gasteiger partial charge in [-0.1, -0.05) is 56.3 Å². The van der Waals surface area contributed by atoms with Crippen molar-refractivity contribution < 1.29 is 19.6 Å². The first-order chi connectivity index (χ1) is 11.8. The smallest absolute Gasteiger partial charge is 0.480 e. The Morgan fingerprint density at radius 2 is 1.77 bits per heavy atom. The molecule has 2 aromatic carbocycles. The van der Waals surface area contributed by atoms with Gasteiger partial charge in [0, 0.05) is 0 Å². The molecule has 0 saturated heterocycles. The number of carboxylic acid groups (broad SMARTS) is 1. The molecule has 0 unspecified atom stereocenters. The van der Waals surface area contributed by atoms with Crippen LogP contribution in [0.3, 0.4) is 0 Å². The van der Waals surface area contributed by atoms with Crippen LogP contribution in [0.5, 0.6) is 0 Å². The zero-order valence-electron chi connectivity index (χ0n) is 15.0. The summed E-state index contributed by atoms with van der Waals surface area (Å²) >= 11 is 0. The van der Waals surface area contributed by atoms with Crippen LogP contribution < -0.4 is 11.5 Å². The molecule has 0 fully saturated rings. The summed E-state index contributed by atoms with van der Waals surface area (Å²) < 4.78 is 4.56. The highest BCUT2D eigenvalue weighted by Gasteiger charge is 2.13. The number of hydrogen-bond donors (Lipinski definition) is 4. The van der Waals surface area contributed by atoms with Gasteiger partial charge in [-0.25, -0.2) is 0 Å². The van der Waals surface area contributed by atoms with E-state index in [9.17, 15) is 4.79 Å². The van der Waals surface area contributed by atoms with Crippen LogP contribution in [-0.2, 0) is 15.9 Å². The quantitative estimate of drug-likeness (QED) is 0.430.